The molecule has 1 aliphatic rings. The highest BCUT2D eigenvalue weighted by atomic mass is 16.3. The van der Waals surface area contributed by atoms with Crippen LogP contribution in [0.3, 0.4) is 0 Å². The van der Waals surface area contributed by atoms with Crippen LogP contribution in [0.2, 0.25) is 0 Å². The van der Waals surface area contributed by atoms with Gasteiger partial charge in [0.25, 0.3) is 0 Å². The summed E-state index contributed by atoms with van der Waals surface area (Å²) in [6.45, 7) is 4.08. The normalized spacial score (nSPS) is 13.1. The van der Waals surface area contributed by atoms with Gasteiger partial charge in [0, 0.05) is 22.2 Å². The maximum absolute atomic E-state index is 13.0. The number of hydrogen-bond donors (Lipinski definition) is 2. The van der Waals surface area contributed by atoms with Crippen molar-refractivity contribution in [1.29, 1.82) is 0 Å². The van der Waals surface area contributed by atoms with Gasteiger partial charge in [0.2, 0.25) is 5.78 Å². The van der Waals surface area contributed by atoms with Crippen LogP contribution in [0.1, 0.15) is 32.9 Å². The van der Waals surface area contributed by atoms with Crippen molar-refractivity contribution < 1.29 is 9.90 Å². The van der Waals surface area contributed by atoms with Crippen LogP contribution in [-0.4, -0.2) is 20.9 Å². The molecule has 2 N–H and O–H groups in total. The lowest BCUT2D eigenvalue weighted by atomic mass is 10.1. The van der Waals surface area contributed by atoms with E-state index in [1.165, 1.54) is 5.56 Å². The van der Waals surface area contributed by atoms with Crippen LogP contribution in [0.4, 0.5) is 11.5 Å². The number of benzene rings is 3. The van der Waals surface area contributed by atoms with Crippen molar-refractivity contribution in [1.82, 2.24) is 9.97 Å². The number of ketones is 1. The van der Waals surface area contributed by atoms with Crippen molar-refractivity contribution in [3.63, 3.8) is 0 Å². The molecular formula is C25H19N3O2. The Morgan fingerprint density at radius 2 is 1.60 bits per heavy atom. The van der Waals surface area contributed by atoms with Crippen LogP contribution >= 0.6 is 0 Å². The van der Waals surface area contributed by atoms with Crippen molar-refractivity contribution >= 4 is 39.5 Å². The van der Waals surface area contributed by atoms with Gasteiger partial charge in [-0.3, -0.25) is 4.79 Å². The zero-order chi connectivity index (χ0) is 20.8. The van der Waals surface area contributed by atoms with E-state index in [4.69, 9.17) is 0 Å². The number of anilines is 2. The summed E-state index contributed by atoms with van der Waals surface area (Å²) in [6, 6.07) is 20.8. The molecule has 0 unspecified atom stereocenters. The quantitative estimate of drug-likeness (QED) is 0.473. The molecule has 5 heteroatoms. The van der Waals surface area contributed by atoms with Gasteiger partial charge in [0.15, 0.2) is 5.82 Å². The highest BCUT2D eigenvalue weighted by molar-refractivity contribution is 6.38. The first-order valence-electron chi connectivity index (χ1n) is 9.71. The number of carbonyl (C=O) groups excluding carboxylic acids is 1. The number of aryl methyl sites for hydroxylation is 2. The third-order valence-electron chi connectivity index (χ3n) is 5.35. The minimum absolute atomic E-state index is 0.0802. The van der Waals surface area contributed by atoms with Crippen molar-refractivity contribution in [3.8, 4) is 0 Å². The zero-order valence-electron chi connectivity index (χ0n) is 16.6. The number of para-hydroxylation sites is 1. The smallest absolute Gasteiger partial charge is 0.201 e. The molecule has 146 valence electrons. The van der Waals surface area contributed by atoms with E-state index in [0.29, 0.717) is 22.5 Å². The Bertz CT molecular complexity index is 1370. The second kappa shape index (κ2) is 6.81. The number of carbonyl (C=O) groups is 1. The van der Waals surface area contributed by atoms with Crippen LogP contribution < -0.4 is 5.32 Å². The van der Waals surface area contributed by atoms with Crippen molar-refractivity contribution in [3.05, 3.63) is 94.8 Å². The average Bonchev–Trinajstić information content (AvgIpc) is 3.00. The largest absolute Gasteiger partial charge is 0.506 e. The van der Waals surface area contributed by atoms with Crippen molar-refractivity contribution in [2.75, 3.05) is 5.32 Å². The number of aliphatic hydroxyl groups is 1. The first-order valence-corrected chi connectivity index (χ1v) is 9.71. The fourth-order valence-corrected chi connectivity index (χ4v) is 3.84. The maximum Gasteiger partial charge on any atom is 0.201 e. The summed E-state index contributed by atoms with van der Waals surface area (Å²) in [4.78, 5) is 22.2. The number of Topliss-reactive ketones (excluding diaryl/α,β-unsaturated/α-hetero) is 1. The molecule has 0 fully saturated rings. The number of aromatic nitrogens is 2. The summed E-state index contributed by atoms with van der Waals surface area (Å²) in [5.41, 5.74) is 4.99. The summed E-state index contributed by atoms with van der Waals surface area (Å²) in [6.07, 6.45) is 0. The summed E-state index contributed by atoms with van der Waals surface area (Å²) in [7, 11) is 0. The molecule has 30 heavy (non-hydrogen) atoms. The molecule has 0 aliphatic heterocycles. The third kappa shape index (κ3) is 2.83. The standard InChI is InChI=1S/C25H19N3O2/c1-14-11-12-19(15(2)13-14)26-24-18-9-5-6-10-20(18)27-25(28-24)21-22(29)16-7-3-4-8-17(16)23(21)30/h3-13,29H,1-2H3,(H,26,27,28). The number of hydrogen-bond acceptors (Lipinski definition) is 5. The van der Waals surface area contributed by atoms with Gasteiger partial charge >= 0.3 is 0 Å². The van der Waals surface area contributed by atoms with Crippen LogP contribution in [-0.2, 0) is 0 Å². The predicted octanol–water partition coefficient (Wildman–Crippen LogP) is 5.61. The molecular weight excluding hydrogens is 374 g/mol. The van der Waals surface area contributed by atoms with Gasteiger partial charge in [-0.25, -0.2) is 9.97 Å². The SMILES string of the molecule is Cc1ccc(Nc2nc(C3=C(O)c4ccccc4C3=O)nc3ccccc23)c(C)c1. The van der Waals surface area contributed by atoms with E-state index in [0.717, 1.165) is 16.6 Å². The molecule has 0 spiro atoms. The minimum atomic E-state index is -0.268. The molecule has 0 radical (unpaired) electrons. The Balaban J connectivity index is 1.68. The van der Waals surface area contributed by atoms with Gasteiger partial charge in [-0.2, -0.15) is 0 Å². The molecule has 0 atom stereocenters. The number of nitrogens with zero attached hydrogens (tertiary/aromatic N) is 2. The second-order valence-corrected chi connectivity index (χ2v) is 7.45. The molecule has 1 aliphatic carbocycles. The number of nitrogens with one attached hydrogen (secondary N) is 1. The highest BCUT2D eigenvalue weighted by Crippen LogP contribution is 2.37. The van der Waals surface area contributed by atoms with E-state index in [1.807, 2.05) is 50.2 Å². The fourth-order valence-electron chi connectivity index (χ4n) is 3.84. The first-order chi connectivity index (χ1) is 14.5. The lowest BCUT2D eigenvalue weighted by Crippen LogP contribution is -2.06. The van der Waals surface area contributed by atoms with Crippen LogP contribution in [0.15, 0.2) is 66.7 Å². The van der Waals surface area contributed by atoms with E-state index in [1.54, 1.807) is 24.3 Å². The zero-order valence-corrected chi connectivity index (χ0v) is 16.6. The highest BCUT2D eigenvalue weighted by Gasteiger charge is 2.32. The van der Waals surface area contributed by atoms with Crippen molar-refractivity contribution in [2.45, 2.75) is 13.8 Å². The number of rotatable bonds is 3. The van der Waals surface area contributed by atoms with Crippen LogP contribution in [0, 0.1) is 13.8 Å². The monoisotopic (exact) mass is 393 g/mol. The van der Waals surface area contributed by atoms with E-state index < -0.39 is 0 Å². The Kier molecular flexibility index (Phi) is 4.10. The minimum Gasteiger partial charge on any atom is -0.506 e. The average molecular weight is 393 g/mol. The van der Waals surface area contributed by atoms with E-state index >= 15 is 0 Å². The summed E-state index contributed by atoms with van der Waals surface area (Å²) >= 11 is 0. The molecule has 1 aromatic heterocycles. The molecule has 0 saturated heterocycles. The van der Waals surface area contributed by atoms with E-state index in [-0.39, 0.29) is 22.9 Å². The molecule has 5 nitrogen and oxygen atoms in total. The first kappa shape index (κ1) is 18.1. The van der Waals surface area contributed by atoms with Crippen molar-refractivity contribution in [2.24, 2.45) is 0 Å². The Morgan fingerprint density at radius 3 is 2.37 bits per heavy atom. The molecule has 4 aromatic rings. The van der Waals surface area contributed by atoms with E-state index in [9.17, 15) is 9.90 Å². The Morgan fingerprint density at radius 1 is 0.867 bits per heavy atom. The second-order valence-electron chi connectivity index (χ2n) is 7.45. The van der Waals surface area contributed by atoms with Crippen LogP contribution in [0.5, 0.6) is 0 Å². The summed E-state index contributed by atoms with van der Waals surface area (Å²) < 4.78 is 0. The molecule has 0 bridgehead atoms. The van der Waals surface area contributed by atoms with Gasteiger partial charge in [-0.15, -0.1) is 0 Å². The van der Waals surface area contributed by atoms with Gasteiger partial charge in [0.1, 0.15) is 17.2 Å². The fraction of sp³-hybridized carbons (Fsp3) is 0.0800. The van der Waals surface area contributed by atoms with Gasteiger partial charge in [0.05, 0.1) is 5.52 Å². The Hall–Kier alpha value is -3.99. The molecule has 0 amide bonds. The molecule has 0 saturated carbocycles. The number of aliphatic hydroxyl groups excluding tert-OH is 1. The summed E-state index contributed by atoms with van der Waals surface area (Å²) in [5.74, 6) is 0.450. The predicted molar refractivity (Wildman–Crippen MR) is 119 cm³/mol. The third-order valence-corrected chi connectivity index (χ3v) is 5.35. The van der Waals surface area contributed by atoms with E-state index in [2.05, 4.69) is 21.4 Å². The van der Waals surface area contributed by atoms with Gasteiger partial charge in [-0.05, 0) is 37.6 Å². The van der Waals surface area contributed by atoms with Gasteiger partial charge in [-0.1, -0.05) is 54.1 Å². The summed E-state index contributed by atoms with van der Waals surface area (Å²) in [5, 5.41) is 15.0. The molecule has 1 heterocycles. The Labute approximate surface area is 173 Å². The van der Waals surface area contributed by atoms with Gasteiger partial charge < -0.3 is 10.4 Å². The number of fused-ring (bicyclic) bond motifs is 2. The lowest BCUT2D eigenvalue weighted by molar-refractivity contribution is 0.105. The number of allylic oxidation sites excluding steroid dienone is 1. The van der Waals surface area contributed by atoms with Crippen LogP contribution in [0.25, 0.3) is 22.2 Å². The molecule has 3 aromatic carbocycles. The lowest BCUT2D eigenvalue weighted by Gasteiger charge is -2.13. The maximum atomic E-state index is 13.0. The topological polar surface area (TPSA) is 75.1 Å². The molecule has 5 rings (SSSR count).